The average molecular weight is 499 g/mol. The fraction of sp³-hybridized carbons (Fsp3) is 0.852. The summed E-state index contributed by atoms with van der Waals surface area (Å²) >= 11 is 0. The molecule has 35 heavy (non-hydrogen) atoms. The topological polar surface area (TPSA) is 122 Å². The average Bonchev–Trinajstić information content (AvgIpc) is 2.83. The van der Waals surface area contributed by atoms with E-state index in [0.717, 1.165) is 19.3 Å². The van der Waals surface area contributed by atoms with E-state index in [9.17, 15) is 19.2 Å². The number of carbonyl (C=O) groups excluding carboxylic acids is 3. The van der Waals surface area contributed by atoms with Gasteiger partial charge in [0.15, 0.2) is 0 Å². The van der Waals surface area contributed by atoms with Gasteiger partial charge in [0, 0.05) is 12.8 Å². The van der Waals surface area contributed by atoms with Gasteiger partial charge in [-0.1, -0.05) is 96.8 Å². The highest BCUT2D eigenvalue weighted by Crippen LogP contribution is 2.13. The molecule has 8 nitrogen and oxygen atoms in total. The molecule has 0 aromatic heterocycles. The van der Waals surface area contributed by atoms with Crippen LogP contribution in [0.2, 0.25) is 0 Å². The summed E-state index contributed by atoms with van der Waals surface area (Å²) in [4.78, 5) is 46.9. The lowest BCUT2D eigenvalue weighted by atomic mass is 10.0. The van der Waals surface area contributed by atoms with E-state index in [1.54, 1.807) is 0 Å². The highest BCUT2D eigenvalue weighted by molar-refractivity contribution is 5.90. The normalized spacial score (nSPS) is 12.5. The van der Waals surface area contributed by atoms with Gasteiger partial charge in [-0.15, -0.1) is 0 Å². The second-order valence-corrected chi connectivity index (χ2v) is 9.51. The van der Waals surface area contributed by atoms with Crippen LogP contribution in [0.1, 0.15) is 129 Å². The van der Waals surface area contributed by atoms with Crippen molar-refractivity contribution >= 4 is 23.8 Å². The predicted octanol–water partition coefficient (Wildman–Crippen LogP) is 5.28. The first-order chi connectivity index (χ1) is 16.8. The third-order valence-corrected chi connectivity index (χ3v) is 6.23. The first kappa shape index (κ1) is 32.9. The molecule has 0 fully saturated rings. The monoisotopic (exact) mass is 498 g/mol. The van der Waals surface area contributed by atoms with Crippen LogP contribution in [-0.2, 0) is 23.9 Å². The lowest BCUT2D eigenvalue weighted by Crippen LogP contribution is -2.50. The van der Waals surface area contributed by atoms with E-state index < -0.39 is 29.9 Å². The molecule has 0 unspecified atom stereocenters. The maximum absolute atomic E-state index is 12.3. The number of methoxy groups -OCH3 is 1. The molecule has 0 rings (SSSR count). The molecule has 0 radical (unpaired) electrons. The Balaban J connectivity index is 3.79. The van der Waals surface area contributed by atoms with Gasteiger partial charge in [0.25, 0.3) is 0 Å². The lowest BCUT2D eigenvalue weighted by molar-refractivity contribution is -0.146. The van der Waals surface area contributed by atoms with Crippen LogP contribution in [0, 0.1) is 0 Å². The van der Waals surface area contributed by atoms with Crippen LogP contribution in [0.4, 0.5) is 0 Å². The van der Waals surface area contributed by atoms with E-state index >= 15 is 0 Å². The van der Waals surface area contributed by atoms with Gasteiger partial charge in [-0.3, -0.25) is 14.4 Å². The molecule has 204 valence electrons. The lowest BCUT2D eigenvalue weighted by Gasteiger charge is -2.19. The van der Waals surface area contributed by atoms with Crippen LogP contribution in [0.25, 0.3) is 0 Å². The highest BCUT2D eigenvalue weighted by Gasteiger charge is 2.25. The molecule has 0 aliphatic carbocycles. The summed E-state index contributed by atoms with van der Waals surface area (Å²) in [5, 5.41) is 13.9. The maximum atomic E-state index is 12.3. The third kappa shape index (κ3) is 19.8. The van der Waals surface area contributed by atoms with Crippen molar-refractivity contribution in [2.75, 3.05) is 7.11 Å². The molecule has 0 spiro atoms. The van der Waals surface area contributed by atoms with E-state index in [0.29, 0.717) is 6.42 Å². The van der Waals surface area contributed by atoms with Gasteiger partial charge in [0.05, 0.1) is 7.11 Å². The number of rotatable bonds is 23. The Hall–Kier alpha value is -2.12. The van der Waals surface area contributed by atoms with Crippen molar-refractivity contribution in [3.63, 3.8) is 0 Å². The fourth-order valence-corrected chi connectivity index (χ4v) is 3.99. The minimum absolute atomic E-state index is 0.0759. The van der Waals surface area contributed by atoms with E-state index in [1.165, 1.54) is 91.1 Å². The van der Waals surface area contributed by atoms with Crippen LogP contribution < -0.4 is 10.6 Å². The van der Waals surface area contributed by atoms with Gasteiger partial charge in [0.2, 0.25) is 11.8 Å². The molecule has 0 bridgehead atoms. The van der Waals surface area contributed by atoms with Crippen molar-refractivity contribution in [3.8, 4) is 0 Å². The Morgan fingerprint density at radius 3 is 1.60 bits per heavy atom. The number of carbonyl (C=O) groups is 4. The summed E-state index contributed by atoms with van der Waals surface area (Å²) in [6.45, 7) is 3.78. The zero-order chi connectivity index (χ0) is 26.3. The second-order valence-electron chi connectivity index (χ2n) is 9.51. The Labute approximate surface area is 212 Å². The number of carboxylic acid groups (broad SMARTS) is 1. The minimum atomic E-state index is -1.07. The largest absolute Gasteiger partial charge is 0.481 e. The van der Waals surface area contributed by atoms with Gasteiger partial charge in [0.1, 0.15) is 12.1 Å². The Morgan fingerprint density at radius 2 is 1.17 bits per heavy atom. The van der Waals surface area contributed by atoms with Crippen LogP contribution in [0.15, 0.2) is 0 Å². The SMILES string of the molecule is CCCCCCCCCCCCCCCCCC(=O)N[C@@H](C)C(=O)N[C@H](CCC(=O)O)C(=O)OC. The number of esters is 1. The highest BCUT2D eigenvalue weighted by atomic mass is 16.5. The number of hydrogen-bond donors (Lipinski definition) is 3. The Kier molecular flexibility index (Phi) is 21.0. The third-order valence-electron chi connectivity index (χ3n) is 6.23. The van der Waals surface area contributed by atoms with Gasteiger partial charge >= 0.3 is 11.9 Å². The van der Waals surface area contributed by atoms with E-state index in [1.807, 2.05) is 0 Å². The molecule has 0 saturated carbocycles. The molecule has 0 aliphatic heterocycles. The molecule has 0 aromatic rings. The maximum Gasteiger partial charge on any atom is 0.328 e. The summed E-state index contributed by atoms with van der Waals surface area (Å²) in [7, 11) is 1.17. The van der Waals surface area contributed by atoms with E-state index in [2.05, 4.69) is 22.3 Å². The van der Waals surface area contributed by atoms with Crippen LogP contribution in [0.3, 0.4) is 0 Å². The molecule has 2 atom stereocenters. The summed E-state index contributed by atoms with van der Waals surface area (Å²) in [5.74, 6) is -2.54. The molecule has 0 saturated heterocycles. The number of nitrogens with one attached hydrogen (secondary N) is 2. The Morgan fingerprint density at radius 1 is 0.714 bits per heavy atom. The minimum Gasteiger partial charge on any atom is -0.481 e. The molecule has 2 amide bonds. The van der Waals surface area contributed by atoms with E-state index in [-0.39, 0.29) is 18.7 Å². The Bertz CT molecular complexity index is 596. The summed E-state index contributed by atoms with van der Waals surface area (Å²) in [5.41, 5.74) is 0. The molecular formula is C27H50N2O6. The number of hydrogen-bond acceptors (Lipinski definition) is 5. The number of unbranched alkanes of at least 4 members (excludes halogenated alkanes) is 14. The number of aliphatic carboxylic acids is 1. The zero-order valence-electron chi connectivity index (χ0n) is 22.4. The van der Waals surface area contributed by atoms with Crippen molar-refractivity contribution in [3.05, 3.63) is 0 Å². The van der Waals surface area contributed by atoms with Crippen LogP contribution in [-0.4, -0.2) is 48.1 Å². The van der Waals surface area contributed by atoms with Crippen molar-refractivity contribution in [1.82, 2.24) is 10.6 Å². The zero-order valence-corrected chi connectivity index (χ0v) is 22.4. The first-order valence-electron chi connectivity index (χ1n) is 13.7. The predicted molar refractivity (Wildman–Crippen MR) is 138 cm³/mol. The number of amides is 2. The number of ether oxygens (including phenoxy) is 1. The smallest absolute Gasteiger partial charge is 0.328 e. The summed E-state index contributed by atoms with van der Waals surface area (Å²) in [6, 6.07) is -1.88. The molecule has 0 heterocycles. The van der Waals surface area contributed by atoms with Crippen molar-refractivity contribution in [2.45, 2.75) is 142 Å². The van der Waals surface area contributed by atoms with Crippen molar-refractivity contribution in [2.24, 2.45) is 0 Å². The quantitative estimate of drug-likeness (QED) is 0.130. The van der Waals surface area contributed by atoms with Gasteiger partial charge in [-0.25, -0.2) is 4.79 Å². The molecule has 8 heteroatoms. The van der Waals surface area contributed by atoms with Crippen LogP contribution >= 0.6 is 0 Å². The molecule has 0 aromatic carbocycles. The van der Waals surface area contributed by atoms with Gasteiger partial charge < -0.3 is 20.5 Å². The van der Waals surface area contributed by atoms with Crippen LogP contribution in [0.5, 0.6) is 0 Å². The van der Waals surface area contributed by atoms with Crippen molar-refractivity contribution < 1.29 is 29.0 Å². The van der Waals surface area contributed by atoms with Gasteiger partial charge in [-0.2, -0.15) is 0 Å². The summed E-state index contributed by atoms with van der Waals surface area (Å²) < 4.78 is 4.61. The summed E-state index contributed by atoms with van der Waals surface area (Å²) in [6.07, 6.45) is 18.9. The molecular weight excluding hydrogens is 448 g/mol. The molecule has 0 aliphatic rings. The number of carboxylic acids is 1. The second kappa shape index (κ2) is 22.4. The van der Waals surface area contributed by atoms with E-state index in [4.69, 9.17) is 5.11 Å². The first-order valence-corrected chi connectivity index (χ1v) is 13.7. The molecule has 3 N–H and O–H groups in total. The fourth-order valence-electron chi connectivity index (χ4n) is 3.99. The van der Waals surface area contributed by atoms with Crippen molar-refractivity contribution in [1.29, 1.82) is 0 Å². The van der Waals surface area contributed by atoms with Gasteiger partial charge in [-0.05, 0) is 19.8 Å². The standard InChI is InChI=1S/C27H50N2O6/c1-4-5-6-7-8-9-10-11-12-13-14-15-16-17-18-19-24(30)28-22(2)26(33)29-23(27(34)35-3)20-21-25(31)32/h22-23H,4-21H2,1-3H3,(H,28,30)(H,29,33)(H,31,32)/t22-,23+/m0/s1.